The van der Waals surface area contributed by atoms with Gasteiger partial charge in [0.25, 0.3) is 5.91 Å². The van der Waals surface area contributed by atoms with Crippen molar-refractivity contribution in [3.63, 3.8) is 0 Å². The van der Waals surface area contributed by atoms with Gasteiger partial charge in [-0.3, -0.25) is 9.63 Å². The number of halogens is 1. The number of rotatable bonds is 3. The summed E-state index contributed by atoms with van der Waals surface area (Å²) in [7, 11) is 0. The molecule has 1 N–H and O–H groups in total. The van der Waals surface area contributed by atoms with Crippen molar-refractivity contribution in [3.05, 3.63) is 34.9 Å². The second-order valence-corrected chi connectivity index (χ2v) is 2.87. The van der Waals surface area contributed by atoms with Gasteiger partial charge in [0.1, 0.15) is 6.61 Å². The summed E-state index contributed by atoms with van der Waals surface area (Å²) in [6.07, 6.45) is 4.93. The highest BCUT2D eigenvalue weighted by Gasteiger charge is 2.04. The van der Waals surface area contributed by atoms with E-state index in [2.05, 4.69) is 16.2 Å². The van der Waals surface area contributed by atoms with Crippen LogP contribution in [0, 0.1) is 12.3 Å². The molecule has 1 aromatic rings. The summed E-state index contributed by atoms with van der Waals surface area (Å²) in [5, 5.41) is 0.495. The van der Waals surface area contributed by atoms with Crippen LogP contribution in [-0.4, -0.2) is 12.5 Å². The lowest BCUT2D eigenvalue weighted by Gasteiger charge is -2.02. The summed E-state index contributed by atoms with van der Waals surface area (Å²) in [6.45, 7) is 0.0340. The first-order chi connectivity index (χ1) is 6.74. The molecule has 0 saturated heterocycles. The normalized spacial score (nSPS) is 9.14. The van der Waals surface area contributed by atoms with Crippen molar-refractivity contribution in [2.24, 2.45) is 0 Å². The van der Waals surface area contributed by atoms with Gasteiger partial charge >= 0.3 is 0 Å². The molecule has 0 saturated carbocycles. The summed E-state index contributed by atoms with van der Waals surface area (Å²) in [5.41, 5.74) is 2.61. The fourth-order valence-corrected chi connectivity index (χ4v) is 1.02. The zero-order chi connectivity index (χ0) is 10.4. The van der Waals surface area contributed by atoms with Crippen LogP contribution in [0.5, 0.6) is 0 Å². The Morgan fingerprint density at radius 1 is 1.64 bits per heavy atom. The summed E-state index contributed by atoms with van der Waals surface area (Å²) in [6, 6.07) is 6.52. The molecular weight excluding hydrogens is 202 g/mol. The Morgan fingerprint density at radius 2 is 2.43 bits per heavy atom. The van der Waals surface area contributed by atoms with E-state index in [4.69, 9.17) is 18.0 Å². The van der Waals surface area contributed by atoms with E-state index in [0.717, 1.165) is 0 Å². The highest BCUT2D eigenvalue weighted by molar-refractivity contribution is 6.30. The van der Waals surface area contributed by atoms with Crippen molar-refractivity contribution in [1.29, 1.82) is 0 Å². The molecule has 0 heterocycles. The predicted octanol–water partition coefficient (Wildman–Crippen LogP) is 1.63. The van der Waals surface area contributed by atoms with Crippen molar-refractivity contribution in [2.75, 3.05) is 6.61 Å². The van der Waals surface area contributed by atoms with Crippen molar-refractivity contribution in [3.8, 4) is 12.3 Å². The zero-order valence-corrected chi connectivity index (χ0v) is 8.04. The number of hydrogen-bond acceptors (Lipinski definition) is 2. The van der Waals surface area contributed by atoms with Gasteiger partial charge in [-0.05, 0) is 18.2 Å². The highest BCUT2D eigenvalue weighted by atomic mass is 35.5. The van der Waals surface area contributed by atoms with Crippen LogP contribution in [0.1, 0.15) is 10.4 Å². The molecule has 0 aliphatic rings. The molecule has 0 bridgehead atoms. The molecule has 0 aromatic heterocycles. The Balaban J connectivity index is 2.57. The Kier molecular flexibility index (Phi) is 3.99. The lowest BCUT2D eigenvalue weighted by molar-refractivity contribution is 0.0438. The average molecular weight is 210 g/mol. The molecule has 1 amide bonds. The minimum Gasteiger partial charge on any atom is -0.267 e. The van der Waals surface area contributed by atoms with Gasteiger partial charge < -0.3 is 0 Å². The number of hydrogen-bond donors (Lipinski definition) is 1. The third-order valence-electron chi connectivity index (χ3n) is 1.41. The molecule has 0 radical (unpaired) electrons. The maximum absolute atomic E-state index is 11.3. The number of amides is 1. The van der Waals surface area contributed by atoms with Crippen molar-refractivity contribution < 1.29 is 9.63 Å². The lowest BCUT2D eigenvalue weighted by Crippen LogP contribution is -2.23. The van der Waals surface area contributed by atoms with Gasteiger partial charge in [-0.25, -0.2) is 5.48 Å². The van der Waals surface area contributed by atoms with Crippen LogP contribution >= 0.6 is 11.6 Å². The monoisotopic (exact) mass is 209 g/mol. The molecule has 0 spiro atoms. The molecule has 1 aromatic carbocycles. The second kappa shape index (κ2) is 5.28. The molecule has 0 aliphatic heterocycles. The SMILES string of the molecule is C#CCONC(=O)c1cccc(Cl)c1. The van der Waals surface area contributed by atoms with Crippen molar-refractivity contribution in [1.82, 2.24) is 5.48 Å². The number of nitrogens with one attached hydrogen (secondary N) is 1. The van der Waals surface area contributed by atoms with Crippen LogP contribution in [0.3, 0.4) is 0 Å². The number of carbonyl (C=O) groups excluding carboxylic acids is 1. The largest absolute Gasteiger partial charge is 0.274 e. The average Bonchev–Trinajstić information content (AvgIpc) is 2.18. The first-order valence-electron chi connectivity index (χ1n) is 3.85. The molecule has 0 atom stereocenters. The van der Waals surface area contributed by atoms with Crippen molar-refractivity contribution in [2.45, 2.75) is 0 Å². The van der Waals surface area contributed by atoms with Gasteiger partial charge in [0, 0.05) is 10.6 Å². The molecule has 3 nitrogen and oxygen atoms in total. The van der Waals surface area contributed by atoms with Gasteiger partial charge in [-0.1, -0.05) is 23.6 Å². The highest BCUT2D eigenvalue weighted by Crippen LogP contribution is 2.10. The van der Waals surface area contributed by atoms with Crippen LogP contribution in [0.2, 0.25) is 5.02 Å². The fraction of sp³-hybridized carbons (Fsp3) is 0.100. The van der Waals surface area contributed by atoms with Gasteiger partial charge in [0.2, 0.25) is 0 Å². The first-order valence-corrected chi connectivity index (χ1v) is 4.23. The van der Waals surface area contributed by atoms with E-state index in [1.165, 1.54) is 6.07 Å². The number of terminal acetylenes is 1. The van der Waals surface area contributed by atoms with E-state index in [1.807, 2.05) is 0 Å². The van der Waals surface area contributed by atoms with Gasteiger partial charge in [0.05, 0.1) is 0 Å². The number of carbonyl (C=O) groups is 1. The molecule has 0 unspecified atom stereocenters. The van der Waals surface area contributed by atoms with E-state index in [1.54, 1.807) is 18.2 Å². The predicted molar refractivity (Wildman–Crippen MR) is 53.7 cm³/mol. The van der Waals surface area contributed by atoms with Gasteiger partial charge in [-0.2, -0.15) is 0 Å². The van der Waals surface area contributed by atoms with Crippen molar-refractivity contribution >= 4 is 17.5 Å². The minimum atomic E-state index is -0.372. The van der Waals surface area contributed by atoms with Gasteiger partial charge in [0.15, 0.2) is 0 Å². The first kappa shape index (κ1) is 10.6. The van der Waals surface area contributed by atoms with E-state index in [-0.39, 0.29) is 12.5 Å². The summed E-state index contributed by atoms with van der Waals surface area (Å²) in [5.74, 6) is 1.85. The van der Waals surface area contributed by atoms with E-state index in [9.17, 15) is 4.79 Å². The van der Waals surface area contributed by atoms with Crippen LogP contribution in [0.25, 0.3) is 0 Å². The lowest BCUT2D eigenvalue weighted by atomic mass is 10.2. The molecule has 14 heavy (non-hydrogen) atoms. The Labute approximate surface area is 87.0 Å². The van der Waals surface area contributed by atoms with Crippen LogP contribution in [0.4, 0.5) is 0 Å². The number of hydroxylamine groups is 1. The number of benzene rings is 1. The van der Waals surface area contributed by atoms with E-state index in [0.29, 0.717) is 10.6 Å². The maximum atomic E-state index is 11.3. The smallest absolute Gasteiger partial charge is 0.267 e. The molecule has 4 heteroatoms. The summed E-state index contributed by atoms with van der Waals surface area (Å²) >= 11 is 5.70. The third kappa shape index (κ3) is 3.09. The zero-order valence-electron chi connectivity index (χ0n) is 7.29. The van der Waals surface area contributed by atoms with Crippen LogP contribution in [-0.2, 0) is 4.84 Å². The van der Waals surface area contributed by atoms with Crippen LogP contribution in [0.15, 0.2) is 24.3 Å². The van der Waals surface area contributed by atoms with Crippen LogP contribution < -0.4 is 5.48 Å². The molecule has 0 aliphatic carbocycles. The second-order valence-electron chi connectivity index (χ2n) is 2.43. The minimum absolute atomic E-state index is 0.0340. The molecule has 0 fully saturated rings. The third-order valence-corrected chi connectivity index (χ3v) is 1.64. The molecular formula is C10H8ClNO2. The topological polar surface area (TPSA) is 38.3 Å². The Hall–Kier alpha value is -1.50. The van der Waals surface area contributed by atoms with E-state index >= 15 is 0 Å². The van der Waals surface area contributed by atoms with E-state index < -0.39 is 0 Å². The Bertz CT molecular complexity index is 371. The van der Waals surface area contributed by atoms with Gasteiger partial charge in [-0.15, -0.1) is 6.42 Å². The quantitative estimate of drug-likeness (QED) is 0.467. The standard InChI is InChI=1S/C10H8ClNO2/c1-2-6-14-12-10(13)8-4-3-5-9(11)7-8/h1,3-5,7H,6H2,(H,12,13). The molecule has 1 rings (SSSR count). The Morgan fingerprint density at radius 3 is 3.07 bits per heavy atom. The molecule has 72 valence electrons. The maximum Gasteiger partial charge on any atom is 0.274 e. The fourth-order valence-electron chi connectivity index (χ4n) is 0.832. The summed E-state index contributed by atoms with van der Waals surface area (Å²) < 4.78 is 0. The summed E-state index contributed by atoms with van der Waals surface area (Å²) in [4.78, 5) is 16.0.